The summed E-state index contributed by atoms with van der Waals surface area (Å²) in [5, 5.41) is 4.97. The third-order valence-corrected chi connectivity index (χ3v) is 4.53. The molecule has 0 spiro atoms. The zero-order chi connectivity index (χ0) is 12.5. The predicted molar refractivity (Wildman–Crippen MR) is 63.4 cm³/mol. The summed E-state index contributed by atoms with van der Waals surface area (Å²) in [4.78, 5) is 16.1. The second-order valence-electron chi connectivity index (χ2n) is 3.23. The van der Waals surface area contributed by atoms with E-state index < -0.39 is 10.0 Å². The summed E-state index contributed by atoms with van der Waals surface area (Å²) in [5.41, 5.74) is 0.412. The molecule has 0 unspecified atom stereocenters. The van der Waals surface area contributed by atoms with Crippen LogP contribution in [0.5, 0.6) is 0 Å². The molecule has 2 aromatic heterocycles. The van der Waals surface area contributed by atoms with Crippen LogP contribution in [0.15, 0.2) is 40.9 Å². The maximum atomic E-state index is 11.9. The number of nitrogens with two attached hydrogens (primary N) is 1. The van der Waals surface area contributed by atoms with Gasteiger partial charge in [-0.1, -0.05) is 0 Å². The SMILES string of the molecule is NS(=O)(=O)c1ccc(C(=O)c2cccnc2)s1. The van der Waals surface area contributed by atoms with Crippen molar-refractivity contribution in [1.29, 1.82) is 0 Å². The van der Waals surface area contributed by atoms with Gasteiger partial charge in [-0.15, -0.1) is 11.3 Å². The summed E-state index contributed by atoms with van der Waals surface area (Å²) >= 11 is 0.852. The van der Waals surface area contributed by atoms with Crippen LogP contribution in [0.1, 0.15) is 15.2 Å². The molecular weight excluding hydrogens is 260 g/mol. The molecule has 2 rings (SSSR count). The lowest BCUT2D eigenvalue weighted by molar-refractivity contribution is 0.104. The maximum absolute atomic E-state index is 11.9. The molecule has 17 heavy (non-hydrogen) atoms. The Labute approximate surface area is 102 Å². The molecule has 7 heteroatoms. The number of primary sulfonamides is 1. The van der Waals surface area contributed by atoms with Gasteiger partial charge in [0.2, 0.25) is 15.8 Å². The first kappa shape index (κ1) is 11.9. The Hall–Kier alpha value is -1.57. The van der Waals surface area contributed by atoms with Gasteiger partial charge in [0.05, 0.1) is 4.88 Å². The number of carbonyl (C=O) groups excluding carboxylic acids is 1. The van der Waals surface area contributed by atoms with Crippen molar-refractivity contribution in [3.05, 3.63) is 47.1 Å². The molecule has 0 saturated heterocycles. The van der Waals surface area contributed by atoms with Crippen LogP contribution in [0, 0.1) is 0 Å². The number of hydrogen-bond acceptors (Lipinski definition) is 5. The molecule has 0 aliphatic carbocycles. The number of rotatable bonds is 3. The standard InChI is InChI=1S/C10H8N2O3S2/c11-17(14,15)9-4-3-8(16-9)10(13)7-2-1-5-12-6-7/h1-6H,(H2,11,14,15). The average molecular weight is 268 g/mol. The van der Waals surface area contributed by atoms with Gasteiger partial charge in [0, 0.05) is 18.0 Å². The summed E-state index contributed by atoms with van der Waals surface area (Å²) in [6.07, 6.45) is 2.99. The van der Waals surface area contributed by atoms with Crippen LogP contribution in [0.4, 0.5) is 0 Å². The van der Waals surface area contributed by atoms with E-state index in [2.05, 4.69) is 4.98 Å². The quantitative estimate of drug-likeness (QED) is 0.841. The summed E-state index contributed by atoms with van der Waals surface area (Å²) < 4.78 is 22.1. The van der Waals surface area contributed by atoms with Crippen LogP contribution in [-0.2, 0) is 10.0 Å². The first-order valence-electron chi connectivity index (χ1n) is 4.56. The molecule has 0 aromatic carbocycles. The highest BCUT2D eigenvalue weighted by Crippen LogP contribution is 2.22. The number of thiophene rings is 1. The average Bonchev–Trinajstić information content (AvgIpc) is 2.78. The largest absolute Gasteiger partial charge is 0.288 e. The Bertz CT molecular complexity index is 647. The van der Waals surface area contributed by atoms with E-state index in [1.54, 1.807) is 18.3 Å². The number of ketones is 1. The summed E-state index contributed by atoms with van der Waals surface area (Å²) in [7, 11) is -3.75. The van der Waals surface area contributed by atoms with E-state index in [0.717, 1.165) is 11.3 Å². The number of hydrogen-bond donors (Lipinski definition) is 1. The van der Waals surface area contributed by atoms with E-state index in [0.29, 0.717) is 10.4 Å². The molecule has 2 heterocycles. The molecule has 2 N–H and O–H groups in total. The molecule has 0 radical (unpaired) electrons. The third-order valence-electron chi connectivity index (χ3n) is 2.01. The Kier molecular flexibility index (Phi) is 3.05. The van der Waals surface area contributed by atoms with Gasteiger partial charge >= 0.3 is 0 Å². The summed E-state index contributed by atoms with van der Waals surface area (Å²) in [5.74, 6) is -0.266. The number of carbonyl (C=O) groups is 1. The van der Waals surface area contributed by atoms with E-state index in [1.165, 1.54) is 18.3 Å². The normalized spacial score (nSPS) is 11.4. The molecule has 0 aliphatic rings. The van der Waals surface area contributed by atoms with Crippen LogP contribution >= 0.6 is 11.3 Å². The van der Waals surface area contributed by atoms with Crippen molar-refractivity contribution in [1.82, 2.24) is 4.98 Å². The van der Waals surface area contributed by atoms with Crippen molar-refractivity contribution in [2.75, 3.05) is 0 Å². The maximum Gasteiger partial charge on any atom is 0.247 e. The highest BCUT2D eigenvalue weighted by molar-refractivity contribution is 7.91. The Morgan fingerprint density at radius 2 is 2.06 bits per heavy atom. The summed E-state index contributed by atoms with van der Waals surface area (Å²) in [6.45, 7) is 0. The van der Waals surface area contributed by atoms with Gasteiger partial charge in [-0.25, -0.2) is 13.6 Å². The van der Waals surface area contributed by atoms with Gasteiger partial charge in [-0.3, -0.25) is 9.78 Å². The van der Waals surface area contributed by atoms with Crippen LogP contribution < -0.4 is 5.14 Å². The topological polar surface area (TPSA) is 90.1 Å². The van der Waals surface area contributed by atoms with E-state index in [4.69, 9.17) is 5.14 Å². The van der Waals surface area contributed by atoms with Crippen LogP contribution in [0.3, 0.4) is 0 Å². The van der Waals surface area contributed by atoms with Crippen LogP contribution in [-0.4, -0.2) is 19.2 Å². The number of sulfonamides is 1. The molecule has 5 nitrogen and oxygen atoms in total. The van der Waals surface area contributed by atoms with Gasteiger partial charge in [0.1, 0.15) is 4.21 Å². The fraction of sp³-hybridized carbons (Fsp3) is 0. The van der Waals surface area contributed by atoms with E-state index in [1.807, 2.05) is 0 Å². The first-order valence-corrected chi connectivity index (χ1v) is 6.92. The zero-order valence-corrected chi connectivity index (χ0v) is 10.2. The molecule has 2 aromatic rings. The van der Waals surface area contributed by atoms with E-state index in [-0.39, 0.29) is 9.99 Å². The number of pyridine rings is 1. The molecular formula is C10H8N2O3S2. The molecule has 88 valence electrons. The van der Waals surface area contributed by atoms with Gasteiger partial charge in [-0.05, 0) is 24.3 Å². The van der Waals surface area contributed by atoms with Gasteiger partial charge < -0.3 is 0 Å². The van der Waals surface area contributed by atoms with Gasteiger partial charge in [-0.2, -0.15) is 0 Å². The van der Waals surface area contributed by atoms with Crippen molar-refractivity contribution < 1.29 is 13.2 Å². The number of nitrogens with zero attached hydrogens (tertiary/aromatic N) is 1. The van der Waals surface area contributed by atoms with Crippen molar-refractivity contribution in [2.24, 2.45) is 5.14 Å². The lowest BCUT2D eigenvalue weighted by Crippen LogP contribution is -2.09. The van der Waals surface area contributed by atoms with E-state index >= 15 is 0 Å². The highest BCUT2D eigenvalue weighted by Gasteiger charge is 2.16. The van der Waals surface area contributed by atoms with Crippen LogP contribution in [0.25, 0.3) is 0 Å². The van der Waals surface area contributed by atoms with Gasteiger partial charge in [0.15, 0.2) is 0 Å². The minimum absolute atomic E-state index is 0.0234. The van der Waals surface area contributed by atoms with Gasteiger partial charge in [0.25, 0.3) is 0 Å². The lowest BCUT2D eigenvalue weighted by Gasteiger charge is -1.95. The fourth-order valence-electron chi connectivity index (χ4n) is 1.23. The smallest absolute Gasteiger partial charge is 0.247 e. The molecule has 0 amide bonds. The van der Waals surface area contributed by atoms with Crippen LogP contribution in [0.2, 0.25) is 0 Å². The van der Waals surface area contributed by atoms with Crippen molar-refractivity contribution >= 4 is 27.1 Å². The minimum Gasteiger partial charge on any atom is -0.288 e. The molecule has 0 fully saturated rings. The Morgan fingerprint density at radius 3 is 2.59 bits per heavy atom. The van der Waals surface area contributed by atoms with Crippen molar-refractivity contribution in [3.63, 3.8) is 0 Å². The number of aromatic nitrogens is 1. The Morgan fingerprint density at radius 1 is 1.29 bits per heavy atom. The van der Waals surface area contributed by atoms with Crippen molar-refractivity contribution in [3.8, 4) is 0 Å². The third kappa shape index (κ3) is 2.57. The first-order chi connectivity index (χ1) is 7.98. The second kappa shape index (κ2) is 4.36. The minimum atomic E-state index is -3.75. The highest BCUT2D eigenvalue weighted by atomic mass is 32.2. The summed E-state index contributed by atoms with van der Waals surface area (Å²) in [6, 6.07) is 6.02. The Balaban J connectivity index is 2.37. The fourth-order valence-corrected chi connectivity index (χ4v) is 2.93. The molecule has 0 aliphatic heterocycles. The molecule has 0 bridgehead atoms. The predicted octanol–water partition coefficient (Wildman–Crippen LogP) is 1.02. The lowest BCUT2D eigenvalue weighted by atomic mass is 10.2. The zero-order valence-electron chi connectivity index (χ0n) is 8.53. The second-order valence-corrected chi connectivity index (χ2v) is 6.11. The molecule has 0 saturated carbocycles. The molecule has 0 atom stereocenters. The van der Waals surface area contributed by atoms with Crippen molar-refractivity contribution in [2.45, 2.75) is 4.21 Å². The van der Waals surface area contributed by atoms with E-state index in [9.17, 15) is 13.2 Å². The monoisotopic (exact) mass is 268 g/mol.